The predicted octanol–water partition coefficient (Wildman–Crippen LogP) is 1.66. The van der Waals surface area contributed by atoms with Gasteiger partial charge in [-0.25, -0.2) is 4.98 Å². The van der Waals surface area contributed by atoms with Crippen molar-refractivity contribution in [2.45, 2.75) is 18.4 Å². The molecule has 0 saturated carbocycles. The van der Waals surface area contributed by atoms with E-state index < -0.39 is 5.60 Å². The van der Waals surface area contributed by atoms with Crippen LogP contribution in [0.4, 0.5) is 0 Å². The maximum Gasteiger partial charge on any atom is 0.258 e. The van der Waals surface area contributed by atoms with Crippen LogP contribution in [0.15, 0.2) is 22.9 Å². The number of hydrogen-bond acceptors (Lipinski definition) is 7. The number of aromatic nitrogens is 3. The number of rotatable bonds is 3. The Morgan fingerprint density at radius 3 is 2.90 bits per heavy atom. The van der Waals surface area contributed by atoms with Gasteiger partial charge in [0.05, 0.1) is 0 Å². The Morgan fingerprint density at radius 2 is 2.19 bits per heavy atom. The molecule has 7 nitrogen and oxygen atoms in total. The normalized spacial score (nSPS) is 17.3. The van der Waals surface area contributed by atoms with Gasteiger partial charge in [0, 0.05) is 44.9 Å². The molecule has 0 N–H and O–H groups in total. The van der Waals surface area contributed by atoms with Crippen molar-refractivity contribution in [1.29, 1.82) is 5.26 Å². The molecule has 2 aromatic rings. The van der Waals surface area contributed by atoms with E-state index in [1.54, 1.807) is 19.2 Å². The van der Waals surface area contributed by atoms with Crippen LogP contribution in [-0.4, -0.2) is 35.4 Å². The van der Waals surface area contributed by atoms with Crippen LogP contribution in [0.1, 0.15) is 24.4 Å². The molecule has 3 heterocycles. The number of methoxy groups -OCH3 is 1. The van der Waals surface area contributed by atoms with Gasteiger partial charge in [-0.15, -0.1) is 0 Å². The van der Waals surface area contributed by atoms with E-state index in [1.807, 2.05) is 6.07 Å². The van der Waals surface area contributed by atoms with Gasteiger partial charge in [0.2, 0.25) is 5.82 Å². The lowest BCUT2D eigenvalue weighted by Gasteiger charge is -2.32. The summed E-state index contributed by atoms with van der Waals surface area (Å²) >= 11 is 0. The summed E-state index contributed by atoms with van der Waals surface area (Å²) in [6, 6.07) is 5.32. The molecule has 0 unspecified atom stereocenters. The lowest BCUT2D eigenvalue weighted by Crippen LogP contribution is -2.36. The van der Waals surface area contributed by atoms with Gasteiger partial charge in [-0.05, 0) is 12.1 Å². The Morgan fingerprint density at radius 1 is 1.38 bits per heavy atom. The highest BCUT2D eigenvalue weighted by atomic mass is 16.5. The van der Waals surface area contributed by atoms with Crippen molar-refractivity contribution in [3.05, 3.63) is 29.8 Å². The molecule has 0 radical (unpaired) electrons. The second kappa shape index (κ2) is 5.60. The molecule has 3 rings (SSSR count). The van der Waals surface area contributed by atoms with E-state index in [4.69, 9.17) is 19.3 Å². The van der Waals surface area contributed by atoms with Gasteiger partial charge >= 0.3 is 0 Å². The number of ether oxygens (including phenoxy) is 2. The molecule has 7 heteroatoms. The first-order valence-electron chi connectivity index (χ1n) is 6.61. The van der Waals surface area contributed by atoms with Crippen LogP contribution in [0, 0.1) is 11.3 Å². The average molecular weight is 286 g/mol. The Kier molecular flexibility index (Phi) is 3.64. The molecule has 0 bridgehead atoms. The maximum atomic E-state index is 8.88. The van der Waals surface area contributed by atoms with E-state index in [0.29, 0.717) is 49.0 Å². The van der Waals surface area contributed by atoms with Crippen molar-refractivity contribution in [1.82, 2.24) is 15.1 Å². The largest absolute Gasteiger partial charge is 0.381 e. The van der Waals surface area contributed by atoms with Crippen molar-refractivity contribution < 1.29 is 14.0 Å². The van der Waals surface area contributed by atoms with Crippen LogP contribution in [-0.2, 0) is 15.1 Å². The summed E-state index contributed by atoms with van der Waals surface area (Å²) in [5.41, 5.74) is 0.406. The molecule has 0 aromatic carbocycles. The average Bonchev–Trinajstić information content (AvgIpc) is 3.06. The third-order valence-corrected chi connectivity index (χ3v) is 3.65. The number of nitrogens with zero attached hydrogens (tertiary/aromatic N) is 4. The first-order valence-corrected chi connectivity index (χ1v) is 6.61. The molecular weight excluding hydrogens is 272 g/mol. The molecule has 2 aromatic heterocycles. The van der Waals surface area contributed by atoms with E-state index in [0.717, 1.165) is 0 Å². The highest BCUT2D eigenvalue weighted by molar-refractivity contribution is 5.54. The van der Waals surface area contributed by atoms with E-state index in [2.05, 4.69) is 15.1 Å². The zero-order valence-corrected chi connectivity index (χ0v) is 11.6. The monoisotopic (exact) mass is 286 g/mol. The molecule has 0 aliphatic carbocycles. The van der Waals surface area contributed by atoms with Gasteiger partial charge in [0.15, 0.2) is 0 Å². The molecule has 0 spiro atoms. The van der Waals surface area contributed by atoms with Gasteiger partial charge in [0.1, 0.15) is 17.4 Å². The van der Waals surface area contributed by atoms with Crippen LogP contribution in [0.5, 0.6) is 0 Å². The molecule has 0 amide bonds. The van der Waals surface area contributed by atoms with Crippen molar-refractivity contribution >= 4 is 0 Å². The first-order chi connectivity index (χ1) is 10.3. The van der Waals surface area contributed by atoms with Crippen LogP contribution in [0.3, 0.4) is 0 Å². The van der Waals surface area contributed by atoms with Gasteiger partial charge in [-0.1, -0.05) is 5.16 Å². The Bertz CT molecular complexity index is 671. The Balaban J connectivity index is 1.94. The molecule has 1 aliphatic heterocycles. The quantitative estimate of drug-likeness (QED) is 0.846. The van der Waals surface area contributed by atoms with Crippen molar-refractivity contribution in [2.75, 3.05) is 20.3 Å². The molecule has 1 saturated heterocycles. The lowest BCUT2D eigenvalue weighted by atomic mass is 9.93. The highest BCUT2D eigenvalue weighted by Crippen LogP contribution is 2.34. The molecule has 108 valence electrons. The third kappa shape index (κ3) is 2.51. The number of nitriles is 1. The van der Waals surface area contributed by atoms with Gasteiger partial charge in [0.25, 0.3) is 5.89 Å². The highest BCUT2D eigenvalue weighted by Gasteiger charge is 2.39. The third-order valence-electron chi connectivity index (χ3n) is 3.65. The summed E-state index contributed by atoms with van der Waals surface area (Å²) in [6.45, 7) is 1.21. The van der Waals surface area contributed by atoms with Crippen LogP contribution in [0.25, 0.3) is 11.5 Å². The van der Waals surface area contributed by atoms with E-state index in [-0.39, 0.29) is 0 Å². The zero-order chi connectivity index (χ0) is 14.7. The summed E-state index contributed by atoms with van der Waals surface area (Å²) < 4.78 is 16.3. The summed E-state index contributed by atoms with van der Waals surface area (Å²) in [5.74, 6) is 0.866. The molecule has 1 fully saturated rings. The van der Waals surface area contributed by atoms with E-state index >= 15 is 0 Å². The van der Waals surface area contributed by atoms with Crippen molar-refractivity contribution in [2.24, 2.45) is 0 Å². The molecule has 21 heavy (non-hydrogen) atoms. The predicted molar refractivity (Wildman–Crippen MR) is 71.0 cm³/mol. The lowest BCUT2D eigenvalue weighted by molar-refractivity contribution is -0.101. The molecule has 1 aliphatic rings. The van der Waals surface area contributed by atoms with Crippen molar-refractivity contribution in [3.63, 3.8) is 0 Å². The Labute approximate surface area is 121 Å². The number of hydrogen-bond donors (Lipinski definition) is 0. The minimum absolute atomic E-state index is 0.305. The number of pyridine rings is 1. The second-order valence-electron chi connectivity index (χ2n) is 4.78. The van der Waals surface area contributed by atoms with E-state index in [9.17, 15) is 0 Å². The minimum Gasteiger partial charge on any atom is -0.381 e. The fourth-order valence-electron chi connectivity index (χ4n) is 2.37. The fraction of sp³-hybridized carbons (Fsp3) is 0.429. The van der Waals surface area contributed by atoms with Crippen LogP contribution in [0.2, 0.25) is 0 Å². The van der Waals surface area contributed by atoms with Gasteiger partial charge < -0.3 is 14.0 Å². The molecule has 0 atom stereocenters. The smallest absolute Gasteiger partial charge is 0.258 e. The summed E-state index contributed by atoms with van der Waals surface area (Å²) in [5, 5.41) is 12.9. The molecular formula is C14H14N4O3. The van der Waals surface area contributed by atoms with Crippen LogP contribution < -0.4 is 0 Å². The SMILES string of the molecule is COC1(c2noc(-c3ccnc(C#N)c3)n2)CCOCC1. The second-order valence-corrected chi connectivity index (χ2v) is 4.78. The van der Waals surface area contributed by atoms with Gasteiger partial charge in [-0.2, -0.15) is 10.2 Å². The minimum atomic E-state index is -0.564. The first kappa shape index (κ1) is 13.7. The maximum absolute atomic E-state index is 8.88. The Hall–Kier alpha value is -2.30. The summed E-state index contributed by atoms with van der Waals surface area (Å²) in [6.07, 6.45) is 2.91. The van der Waals surface area contributed by atoms with E-state index in [1.165, 1.54) is 6.20 Å². The topological polar surface area (TPSA) is 94.1 Å². The fourth-order valence-corrected chi connectivity index (χ4v) is 2.37. The van der Waals surface area contributed by atoms with Crippen LogP contribution >= 0.6 is 0 Å². The van der Waals surface area contributed by atoms with Crippen molar-refractivity contribution in [3.8, 4) is 17.5 Å². The van der Waals surface area contributed by atoms with Gasteiger partial charge in [-0.3, -0.25) is 0 Å². The zero-order valence-electron chi connectivity index (χ0n) is 11.6. The summed E-state index contributed by atoms with van der Waals surface area (Å²) in [4.78, 5) is 8.34. The standard InChI is InChI=1S/C14H14N4O3/c1-19-14(3-6-20-7-4-14)13-17-12(21-18-13)10-2-5-16-11(8-10)9-15/h2,5,8H,3-4,6-7H2,1H3. The summed E-state index contributed by atoms with van der Waals surface area (Å²) in [7, 11) is 1.64.